The van der Waals surface area contributed by atoms with E-state index in [1.807, 2.05) is 0 Å². The van der Waals surface area contributed by atoms with Crippen LogP contribution in [0.2, 0.25) is 0 Å². The van der Waals surface area contributed by atoms with Crippen LogP contribution >= 0.6 is 0 Å². The van der Waals surface area contributed by atoms with Crippen molar-refractivity contribution in [3.05, 3.63) is 0 Å². The van der Waals surface area contributed by atoms with Gasteiger partial charge in [-0.05, 0) is 0 Å². The van der Waals surface area contributed by atoms with Crippen molar-refractivity contribution < 1.29 is 52.2 Å². The number of rotatable bonds is 27. The third-order valence-corrected chi connectivity index (χ3v) is 4.11. The molecule has 0 unspecified atom stereocenters. The molecule has 0 rings (SSSR count). The first kappa shape index (κ1) is 33.6. The lowest BCUT2D eigenvalue weighted by molar-refractivity contribution is -0.141. The zero-order chi connectivity index (χ0) is 25.8. The normalized spacial score (nSPS) is 11.1. The Bertz CT molecular complexity index is 486. The third kappa shape index (κ3) is 25.5. The largest absolute Gasteiger partial charge is 0.382 e. The molecule has 0 spiro atoms. The van der Waals surface area contributed by atoms with Gasteiger partial charge in [-0.1, -0.05) is 0 Å². The lowest BCUT2D eigenvalue weighted by atomic mass is 10.6. The van der Waals surface area contributed by atoms with Gasteiger partial charge in [-0.2, -0.15) is 0 Å². The van der Waals surface area contributed by atoms with Crippen LogP contribution in [0.15, 0.2) is 0 Å². The number of hydrogen-bond acceptors (Lipinski definition) is 11. The van der Waals surface area contributed by atoms with Crippen molar-refractivity contribution in [2.24, 2.45) is 0 Å². The zero-order valence-electron chi connectivity index (χ0n) is 21.5. The maximum Gasteiger partial charge on any atom is 0.250 e. The molecular weight excluding hydrogens is 468 g/mol. The Hall–Kier alpha value is -1.42. The lowest BCUT2D eigenvalue weighted by Gasteiger charge is -2.17. The van der Waals surface area contributed by atoms with Gasteiger partial charge in [0, 0.05) is 21.2 Å². The summed E-state index contributed by atoms with van der Waals surface area (Å²) in [4.78, 5) is 24.3. The summed E-state index contributed by atoms with van der Waals surface area (Å²) in [5.74, 6) is -0.346. The fourth-order valence-corrected chi connectivity index (χ4v) is 2.14. The molecule has 13 nitrogen and oxygen atoms in total. The molecule has 0 aliphatic heterocycles. The van der Waals surface area contributed by atoms with E-state index < -0.39 is 0 Å². The van der Waals surface area contributed by atoms with Crippen LogP contribution in [-0.2, 0) is 52.2 Å². The number of amides is 2. The predicted molar refractivity (Wildman–Crippen MR) is 125 cm³/mol. The van der Waals surface area contributed by atoms with E-state index in [9.17, 15) is 9.59 Å². The van der Waals surface area contributed by atoms with Crippen LogP contribution < -0.4 is 5.32 Å². The minimum absolute atomic E-state index is 0.0296. The van der Waals surface area contributed by atoms with Crippen LogP contribution in [0.3, 0.4) is 0 Å². The molecule has 1 N–H and O–H groups in total. The quantitative estimate of drug-likeness (QED) is 0.107. The van der Waals surface area contributed by atoms with E-state index in [1.54, 1.807) is 21.2 Å². The molecule has 0 aromatic rings. The molecule has 0 heterocycles. The second-order valence-electron chi connectivity index (χ2n) is 6.96. The van der Waals surface area contributed by atoms with Gasteiger partial charge in [0.15, 0.2) is 0 Å². The SMILES string of the molecule is CNC(=O)COCCOCCOCCOCCOCN(C)C(=O)COCCOCCOCCOC. The number of ether oxygens (including phenoxy) is 9. The van der Waals surface area contributed by atoms with Gasteiger partial charge in [0.05, 0.1) is 92.5 Å². The average Bonchev–Trinajstić information content (AvgIpc) is 2.86. The van der Waals surface area contributed by atoms with Crippen molar-refractivity contribution >= 4 is 11.8 Å². The zero-order valence-corrected chi connectivity index (χ0v) is 21.5. The molecule has 0 saturated heterocycles. The summed E-state index contributed by atoms with van der Waals surface area (Å²) in [6.45, 7) is 6.20. The standard InChI is InChI=1S/C22H44N2O11/c1-23-21(25)18-33-15-12-30-10-8-29-9-11-32-14-17-35-20-24(2)22(26)19-34-16-13-31-7-6-28-5-4-27-3/h4-20H2,1-3H3,(H,23,25). The summed E-state index contributed by atoms with van der Waals surface area (Å²) >= 11 is 0. The minimum atomic E-state index is -0.178. The molecule has 0 aliphatic carbocycles. The van der Waals surface area contributed by atoms with Crippen LogP contribution in [-0.4, -0.2) is 150 Å². The lowest BCUT2D eigenvalue weighted by Crippen LogP contribution is -2.33. The number of carbonyl (C=O) groups is 2. The van der Waals surface area contributed by atoms with Gasteiger partial charge in [-0.25, -0.2) is 0 Å². The molecule has 13 heteroatoms. The van der Waals surface area contributed by atoms with E-state index in [2.05, 4.69) is 5.32 Å². The summed E-state index contributed by atoms with van der Waals surface area (Å²) in [7, 11) is 4.82. The third-order valence-electron chi connectivity index (χ3n) is 4.11. The van der Waals surface area contributed by atoms with Crippen LogP contribution in [0.25, 0.3) is 0 Å². The fraction of sp³-hybridized carbons (Fsp3) is 0.909. The summed E-state index contributed by atoms with van der Waals surface area (Å²) in [5, 5.41) is 2.47. The Morgan fingerprint density at radius 3 is 1.37 bits per heavy atom. The second-order valence-corrected chi connectivity index (χ2v) is 6.96. The molecule has 0 saturated carbocycles. The molecule has 35 heavy (non-hydrogen) atoms. The number of nitrogens with one attached hydrogen (secondary N) is 1. The smallest absolute Gasteiger partial charge is 0.250 e. The van der Waals surface area contributed by atoms with Gasteiger partial charge in [-0.15, -0.1) is 0 Å². The van der Waals surface area contributed by atoms with E-state index in [1.165, 1.54) is 4.90 Å². The maximum absolute atomic E-state index is 12.0. The highest BCUT2D eigenvalue weighted by Crippen LogP contribution is 1.90. The number of carbonyl (C=O) groups excluding carboxylic acids is 2. The number of methoxy groups -OCH3 is 1. The van der Waals surface area contributed by atoms with E-state index in [0.29, 0.717) is 92.5 Å². The molecule has 0 fully saturated rings. The summed E-state index contributed by atoms with van der Waals surface area (Å²) in [6, 6.07) is 0. The molecule has 0 aromatic carbocycles. The van der Waals surface area contributed by atoms with Gasteiger partial charge in [-0.3, -0.25) is 9.59 Å². The molecule has 0 aromatic heterocycles. The van der Waals surface area contributed by atoms with Crippen molar-refractivity contribution in [1.82, 2.24) is 10.2 Å². The van der Waals surface area contributed by atoms with E-state index in [0.717, 1.165) is 0 Å². The van der Waals surface area contributed by atoms with Crippen LogP contribution in [0.4, 0.5) is 0 Å². The van der Waals surface area contributed by atoms with E-state index >= 15 is 0 Å². The summed E-state index contributed by atoms with van der Waals surface area (Å²) in [6.07, 6.45) is 0. The second kappa shape index (κ2) is 27.2. The number of hydrogen-bond donors (Lipinski definition) is 1. The molecule has 0 radical (unpaired) electrons. The van der Waals surface area contributed by atoms with Crippen molar-refractivity contribution in [3.63, 3.8) is 0 Å². The molecule has 208 valence electrons. The van der Waals surface area contributed by atoms with E-state index in [-0.39, 0.29) is 31.8 Å². The Kier molecular flexibility index (Phi) is 26.1. The van der Waals surface area contributed by atoms with Gasteiger partial charge < -0.3 is 52.8 Å². The Balaban J connectivity index is 3.30. The minimum Gasteiger partial charge on any atom is -0.382 e. The summed E-state index contributed by atoms with van der Waals surface area (Å²) < 4.78 is 47.4. The summed E-state index contributed by atoms with van der Waals surface area (Å²) in [5.41, 5.74) is 0. The topological polar surface area (TPSA) is 132 Å². The average molecular weight is 513 g/mol. The highest BCUT2D eigenvalue weighted by molar-refractivity contribution is 5.77. The Labute approximate surface area is 208 Å². The van der Waals surface area contributed by atoms with E-state index in [4.69, 9.17) is 42.6 Å². The Morgan fingerprint density at radius 2 is 0.943 bits per heavy atom. The van der Waals surface area contributed by atoms with Crippen molar-refractivity contribution in [3.8, 4) is 0 Å². The number of likely N-dealkylation sites (N-methyl/N-ethyl adjacent to an activating group) is 2. The van der Waals surface area contributed by atoms with Crippen molar-refractivity contribution in [2.45, 2.75) is 0 Å². The molecule has 0 aliphatic rings. The van der Waals surface area contributed by atoms with Crippen molar-refractivity contribution in [2.75, 3.05) is 134 Å². The fourth-order valence-electron chi connectivity index (χ4n) is 2.14. The first-order valence-electron chi connectivity index (χ1n) is 11.7. The maximum atomic E-state index is 12.0. The highest BCUT2D eigenvalue weighted by Gasteiger charge is 2.08. The monoisotopic (exact) mass is 512 g/mol. The number of nitrogens with zero attached hydrogens (tertiary/aromatic N) is 1. The first-order chi connectivity index (χ1) is 17.1. The predicted octanol–water partition coefficient (Wildman–Crippen LogP) is -1.07. The Morgan fingerprint density at radius 1 is 0.571 bits per heavy atom. The van der Waals surface area contributed by atoms with Crippen molar-refractivity contribution in [1.29, 1.82) is 0 Å². The van der Waals surface area contributed by atoms with Gasteiger partial charge in [0.1, 0.15) is 19.9 Å². The molecular formula is C22H44N2O11. The van der Waals surface area contributed by atoms with Gasteiger partial charge in [0.2, 0.25) is 11.8 Å². The molecule has 0 bridgehead atoms. The highest BCUT2D eigenvalue weighted by atomic mass is 16.6. The first-order valence-corrected chi connectivity index (χ1v) is 11.7. The van der Waals surface area contributed by atoms with Gasteiger partial charge in [0.25, 0.3) is 0 Å². The van der Waals surface area contributed by atoms with Gasteiger partial charge >= 0.3 is 0 Å². The van der Waals surface area contributed by atoms with Crippen LogP contribution in [0.1, 0.15) is 0 Å². The van der Waals surface area contributed by atoms with Crippen LogP contribution in [0.5, 0.6) is 0 Å². The molecule has 2 amide bonds. The molecule has 0 atom stereocenters. The van der Waals surface area contributed by atoms with Crippen LogP contribution in [0, 0.1) is 0 Å².